The largest absolute Gasteiger partial charge is 0.497 e. The lowest BCUT2D eigenvalue weighted by Gasteiger charge is -2.40. The summed E-state index contributed by atoms with van der Waals surface area (Å²) in [6.07, 6.45) is 8.12. The fourth-order valence-electron chi connectivity index (χ4n) is 5.50. The second-order valence-corrected chi connectivity index (χ2v) is 9.48. The fraction of sp³-hybridized carbons (Fsp3) is 0.321. The first kappa shape index (κ1) is 24.4. The molecule has 1 N–H and O–H groups in total. The second kappa shape index (κ2) is 10.0. The zero-order valence-electron chi connectivity index (χ0n) is 20.6. The molecule has 1 atom stereocenters. The van der Waals surface area contributed by atoms with Gasteiger partial charge in [0.1, 0.15) is 5.75 Å². The van der Waals surface area contributed by atoms with Crippen LogP contribution in [0.5, 0.6) is 5.75 Å². The summed E-state index contributed by atoms with van der Waals surface area (Å²) in [4.78, 5) is 45.0. The lowest BCUT2D eigenvalue weighted by Crippen LogP contribution is -2.57. The quantitative estimate of drug-likeness (QED) is 0.381. The van der Waals surface area contributed by atoms with Crippen LogP contribution in [0.2, 0.25) is 0 Å². The molecular formula is C28H28N4O5. The molecule has 2 amide bonds. The van der Waals surface area contributed by atoms with Crippen molar-refractivity contribution in [2.75, 3.05) is 7.11 Å². The van der Waals surface area contributed by atoms with Gasteiger partial charge in [0.25, 0.3) is 17.5 Å². The topological polar surface area (TPSA) is 115 Å². The molecule has 1 aliphatic carbocycles. The maximum atomic E-state index is 14.4. The third-order valence-corrected chi connectivity index (χ3v) is 7.35. The molecule has 2 aliphatic rings. The molecule has 9 nitrogen and oxygen atoms in total. The maximum Gasteiger partial charge on any atom is 0.270 e. The third kappa shape index (κ3) is 4.30. The van der Waals surface area contributed by atoms with Crippen molar-refractivity contribution < 1.29 is 19.2 Å². The number of nitrogens with one attached hydrogen (secondary N) is 1. The molecule has 1 aliphatic heterocycles. The van der Waals surface area contributed by atoms with Gasteiger partial charge < -0.3 is 15.0 Å². The van der Waals surface area contributed by atoms with Crippen molar-refractivity contribution in [3.05, 3.63) is 99.4 Å². The van der Waals surface area contributed by atoms with E-state index in [-0.39, 0.29) is 29.7 Å². The van der Waals surface area contributed by atoms with Crippen LogP contribution in [0.25, 0.3) is 0 Å². The number of hydrogen-bond acceptors (Lipinski definition) is 6. The van der Waals surface area contributed by atoms with Gasteiger partial charge in [0.2, 0.25) is 0 Å². The van der Waals surface area contributed by atoms with E-state index in [1.807, 2.05) is 12.1 Å². The van der Waals surface area contributed by atoms with Gasteiger partial charge >= 0.3 is 0 Å². The predicted octanol–water partition coefficient (Wildman–Crippen LogP) is 4.35. The Labute approximate surface area is 214 Å². The van der Waals surface area contributed by atoms with E-state index in [0.29, 0.717) is 16.9 Å². The van der Waals surface area contributed by atoms with E-state index in [1.54, 1.807) is 49.8 Å². The molecule has 2 heterocycles. The van der Waals surface area contributed by atoms with Gasteiger partial charge in [-0.2, -0.15) is 0 Å². The molecule has 0 spiro atoms. The molecule has 0 bridgehead atoms. The van der Waals surface area contributed by atoms with Gasteiger partial charge in [0.05, 0.1) is 17.6 Å². The molecule has 5 rings (SSSR count). The van der Waals surface area contributed by atoms with Crippen molar-refractivity contribution in [3.63, 3.8) is 0 Å². The number of aromatic nitrogens is 1. The van der Waals surface area contributed by atoms with Crippen LogP contribution in [0, 0.1) is 10.1 Å². The van der Waals surface area contributed by atoms with E-state index < -0.39 is 16.4 Å². The number of carbonyl (C=O) groups excluding carboxylic acids is 2. The highest BCUT2D eigenvalue weighted by molar-refractivity contribution is 6.09. The molecule has 9 heteroatoms. The SMILES string of the molecule is COc1ccc(CN2C(=O)c3cc([N+](=O)[O-])ccc3C2(C(=O)NC2CCCCC2)c2ccncc2)cc1. The van der Waals surface area contributed by atoms with E-state index >= 15 is 0 Å². The van der Waals surface area contributed by atoms with Gasteiger partial charge in [-0.15, -0.1) is 0 Å². The highest BCUT2D eigenvalue weighted by atomic mass is 16.6. The summed E-state index contributed by atoms with van der Waals surface area (Å²) in [5.41, 5.74) is 0.233. The Hall–Kier alpha value is -4.27. The normalized spacial score (nSPS) is 19.4. The molecule has 1 unspecified atom stereocenters. The average molecular weight is 501 g/mol. The van der Waals surface area contributed by atoms with E-state index in [2.05, 4.69) is 10.3 Å². The second-order valence-electron chi connectivity index (χ2n) is 9.48. The summed E-state index contributed by atoms with van der Waals surface area (Å²) < 4.78 is 5.26. The van der Waals surface area contributed by atoms with Gasteiger partial charge in [-0.25, -0.2) is 0 Å². The van der Waals surface area contributed by atoms with Gasteiger partial charge in [0.15, 0.2) is 5.54 Å². The van der Waals surface area contributed by atoms with Crippen LogP contribution < -0.4 is 10.1 Å². The number of fused-ring (bicyclic) bond motifs is 1. The van der Waals surface area contributed by atoms with E-state index in [4.69, 9.17) is 4.74 Å². The van der Waals surface area contributed by atoms with Gasteiger partial charge in [0, 0.05) is 42.7 Å². The number of ether oxygens (including phenoxy) is 1. The Balaban J connectivity index is 1.68. The van der Waals surface area contributed by atoms with Crippen molar-refractivity contribution in [1.82, 2.24) is 15.2 Å². The molecule has 3 aromatic rings. The molecule has 37 heavy (non-hydrogen) atoms. The first-order chi connectivity index (χ1) is 17.9. The van der Waals surface area contributed by atoms with Crippen LogP contribution in [0.1, 0.15) is 59.2 Å². The minimum Gasteiger partial charge on any atom is -0.497 e. The standard InChI is InChI=1S/C28H28N4O5/c1-37-23-10-7-19(8-11-23)18-31-26(33)24-17-22(32(35)36)9-12-25(24)28(31,20-13-15-29-16-14-20)27(34)30-21-5-3-2-4-6-21/h7-17,21H,2-6,18H2,1H3,(H,30,34). The average Bonchev–Trinajstić information content (AvgIpc) is 3.18. The van der Waals surface area contributed by atoms with Crippen molar-refractivity contribution in [3.8, 4) is 5.75 Å². The van der Waals surface area contributed by atoms with Gasteiger partial charge in [-0.05, 0) is 54.3 Å². The first-order valence-corrected chi connectivity index (χ1v) is 12.4. The lowest BCUT2D eigenvalue weighted by molar-refractivity contribution is -0.384. The Kier molecular flexibility index (Phi) is 6.60. The number of pyridine rings is 1. The number of non-ortho nitro benzene ring substituents is 1. The Morgan fingerprint density at radius 2 is 1.81 bits per heavy atom. The minimum atomic E-state index is -1.51. The number of nitro groups is 1. The lowest BCUT2D eigenvalue weighted by atomic mass is 9.81. The van der Waals surface area contributed by atoms with Crippen molar-refractivity contribution in [2.24, 2.45) is 0 Å². The molecule has 190 valence electrons. The van der Waals surface area contributed by atoms with E-state index in [9.17, 15) is 19.7 Å². The molecule has 1 fully saturated rings. The smallest absolute Gasteiger partial charge is 0.270 e. The molecule has 0 radical (unpaired) electrons. The van der Waals surface area contributed by atoms with E-state index in [0.717, 1.165) is 37.7 Å². The van der Waals surface area contributed by atoms with Crippen LogP contribution in [0.15, 0.2) is 67.0 Å². The van der Waals surface area contributed by atoms with Crippen LogP contribution >= 0.6 is 0 Å². The van der Waals surface area contributed by atoms with Gasteiger partial charge in [-0.3, -0.25) is 24.7 Å². The minimum absolute atomic E-state index is 0.000000850. The summed E-state index contributed by atoms with van der Waals surface area (Å²) >= 11 is 0. The summed E-state index contributed by atoms with van der Waals surface area (Å²) in [6.45, 7) is 0.117. The summed E-state index contributed by atoms with van der Waals surface area (Å²) in [5, 5.41) is 14.8. The monoisotopic (exact) mass is 500 g/mol. The van der Waals surface area contributed by atoms with Crippen LogP contribution in [0.3, 0.4) is 0 Å². The number of nitrogens with zero attached hydrogens (tertiary/aromatic N) is 3. The van der Waals surface area contributed by atoms with Crippen molar-refractivity contribution in [1.29, 1.82) is 0 Å². The van der Waals surface area contributed by atoms with Crippen LogP contribution in [0.4, 0.5) is 5.69 Å². The number of amides is 2. The summed E-state index contributed by atoms with van der Waals surface area (Å²) in [6, 6.07) is 14.9. The number of hydrogen-bond donors (Lipinski definition) is 1. The summed E-state index contributed by atoms with van der Waals surface area (Å²) in [7, 11) is 1.58. The van der Waals surface area contributed by atoms with Crippen LogP contribution in [-0.4, -0.2) is 39.8 Å². The Bertz CT molecular complexity index is 1320. The molecule has 2 aromatic carbocycles. The predicted molar refractivity (Wildman–Crippen MR) is 136 cm³/mol. The Morgan fingerprint density at radius 3 is 2.46 bits per heavy atom. The zero-order chi connectivity index (χ0) is 26.0. The molecule has 1 saturated carbocycles. The number of rotatable bonds is 7. The third-order valence-electron chi connectivity index (χ3n) is 7.35. The van der Waals surface area contributed by atoms with Crippen LogP contribution in [-0.2, 0) is 16.9 Å². The molecule has 1 aromatic heterocycles. The summed E-state index contributed by atoms with van der Waals surface area (Å²) in [5.74, 6) is -0.0870. The number of methoxy groups -OCH3 is 1. The molecule has 0 saturated heterocycles. The fourth-order valence-corrected chi connectivity index (χ4v) is 5.50. The first-order valence-electron chi connectivity index (χ1n) is 12.4. The zero-order valence-corrected chi connectivity index (χ0v) is 20.6. The Morgan fingerprint density at radius 1 is 1.11 bits per heavy atom. The molecular weight excluding hydrogens is 472 g/mol. The van der Waals surface area contributed by atoms with E-state index in [1.165, 1.54) is 17.0 Å². The number of nitro benzene ring substituents is 1. The van der Waals surface area contributed by atoms with Crippen molar-refractivity contribution in [2.45, 2.75) is 50.2 Å². The maximum absolute atomic E-state index is 14.4. The highest BCUT2D eigenvalue weighted by Crippen LogP contribution is 2.46. The van der Waals surface area contributed by atoms with Gasteiger partial charge in [-0.1, -0.05) is 31.4 Å². The highest BCUT2D eigenvalue weighted by Gasteiger charge is 2.56. The number of benzene rings is 2. The van der Waals surface area contributed by atoms with Crippen molar-refractivity contribution >= 4 is 17.5 Å². The number of carbonyl (C=O) groups is 2.